The zero-order valence-corrected chi connectivity index (χ0v) is 12.9. The number of benzene rings is 1. The van der Waals surface area contributed by atoms with Crippen LogP contribution in [-0.4, -0.2) is 41.5 Å². The molecule has 4 rings (SSSR count). The van der Waals surface area contributed by atoms with Crippen LogP contribution in [0.25, 0.3) is 11.3 Å². The third-order valence-electron chi connectivity index (χ3n) is 4.73. The molecule has 2 fully saturated rings. The Bertz CT molecular complexity index is 715. The third kappa shape index (κ3) is 2.82. The van der Waals surface area contributed by atoms with Gasteiger partial charge in [0.05, 0.1) is 6.20 Å². The number of amides is 1. The molecule has 1 aromatic carbocycles. The van der Waals surface area contributed by atoms with Crippen LogP contribution >= 0.6 is 0 Å². The number of para-hydroxylation sites is 1. The van der Waals surface area contributed by atoms with Crippen molar-refractivity contribution in [2.45, 2.75) is 18.9 Å². The smallest absolute Gasteiger partial charge is 0.307 e. The highest BCUT2D eigenvalue weighted by Gasteiger charge is 2.33. The highest BCUT2D eigenvalue weighted by atomic mass is 16.4. The minimum atomic E-state index is -0.252. The van der Waals surface area contributed by atoms with Crippen molar-refractivity contribution in [3.63, 3.8) is 0 Å². The van der Waals surface area contributed by atoms with E-state index in [2.05, 4.69) is 15.2 Å². The molecular formula is C17H20N4O2. The Balaban J connectivity index is 1.46. The molecule has 2 aliphatic rings. The molecule has 0 spiro atoms. The SMILES string of the molecule is Nc1ccccc1-c1cnc(C(=O)N[C@@H]2C[C@@H]3CCN(C3)C2)o1. The van der Waals surface area contributed by atoms with E-state index in [0.29, 0.717) is 17.4 Å². The standard InChI is InChI=1S/C17H20N4O2/c18-14-4-2-1-3-13(14)15-8-19-17(23-15)16(22)20-12-7-11-5-6-21(9-11)10-12/h1-4,8,11-12H,5-7,9-10,18H2,(H,20,22)/t11-,12+/m0/s1. The van der Waals surface area contributed by atoms with E-state index < -0.39 is 0 Å². The Morgan fingerprint density at radius 1 is 1.35 bits per heavy atom. The van der Waals surface area contributed by atoms with Crippen LogP contribution in [0.2, 0.25) is 0 Å². The Morgan fingerprint density at radius 3 is 3.04 bits per heavy atom. The summed E-state index contributed by atoms with van der Waals surface area (Å²) in [5, 5.41) is 3.05. The molecule has 3 atom stereocenters. The van der Waals surface area contributed by atoms with Crippen molar-refractivity contribution < 1.29 is 9.21 Å². The molecule has 2 aliphatic heterocycles. The summed E-state index contributed by atoms with van der Waals surface area (Å²) in [5.74, 6) is 1.06. The van der Waals surface area contributed by atoms with Crippen molar-refractivity contribution in [2.75, 3.05) is 25.4 Å². The minimum absolute atomic E-state index is 0.0937. The number of fused-ring (bicyclic) bond motifs is 2. The Labute approximate surface area is 134 Å². The fourth-order valence-corrected chi connectivity index (χ4v) is 3.64. The first-order valence-corrected chi connectivity index (χ1v) is 8.03. The van der Waals surface area contributed by atoms with Gasteiger partial charge in [0.2, 0.25) is 0 Å². The molecule has 120 valence electrons. The maximum absolute atomic E-state index is 12.4. The first-order valence-electron chi connectivity index (χ1n) is 8.03. The number of rotatable bonds is 3. The maximum Gasteiger partial charge on any atom is 0.307 e. The maximum atomic E-state index is 12.4. The van der Waals surface area contributed by atoms with Gasteiger partial charge in [0.1, 0.15) is 0 Å². The fraction of sp³-hybridized carbons (Fsp3) is 0.412. The number of hydrogen-bond donors (Lipinski definition) is 2. The molecule has 2 aromatic rings. The lowest BCUT2D eigenvalue weighted by Gasteiger charge is -2.30. The number of nitrogens with one attached hydrogen (secondary N) is 1. The van der Waals surface area contributed by atoms with Crippen molar-refractivity contribution in [1.29, 1.82) is 0 Å². The number of aromatic nitrogens is 1. The van der Waals surface area contributed by atoms with Crippen LogP contribution in [0.1, 0.15) is 23.5 Å². The summed E-state index contributed by atoms with van der Waals surface area (Å²) in [6.07, 6.45) is 3.83. The van der Waals surface area contributed by atoms with Gasteiger partial charge in [-0.1, -0.05) is 12.1 Å². The van der Waals surface area contributed by atoms with Gasteiger partial charge >= 0.3 is 5.91 Å². The first-order chi connectivity index (χ1) is 11.2. The monoisotopic (exact) mass is 312 g/mol. The highest BCUT2D eigenvalue weighted by Crippen LogP contribution is 2.28. The molecule has 1 unspecified atom stereocenters. The molecular weight excluding hydrogens is 292 g/mol. The molecule has 0 radical (unpaired) electrons. The van der Waals surface area contributed by atoms with Gasteiger partial charge in [-0.25, -0.2) is 4.98 Å². The van der Waals surface area contributed by atoms with Gasteiger partial charge in [0.15, 0.2) is 5.76 Å². The van der Waals surface area contributed by atoms with Gasteiger partial charge in [0.25, 0.3) is 5.89 Å². The van der Waals surface area contributed by atoms with Crippen molar-refractivity contribution in [2.24, 2.45) is 5.92 Å². The van der Waals surface area contributed by atoms with Gasteiger partial charge in [-0.05, 0) is 37.4 Å². The van der Waals surface area contributed by atoms with E-state index in [1.807, 2.05) is 18.2 Å². The molecule has 3 N–H and O–H groups in total. The number of piperidine rings is 1. The second-order valence-corrected chi connectivity index (χ2v) is 6.44. The van der Waals surface area contributed by atoms with Gasteiger partial charge in [0, 0.05) is 30.4 Å². The summed E-state index contributed by atoms with van der Waals surface area (Å²) in [4.78, 5) is 18.9. The summed E-state index contributed by atoms with van der Waals surface area (Å²) >= 11 is 0. The number of oxazole rings is 1. The van der Waals surface area contributed by atoms with Crippen molar-refractivity contribution in [1.82, 2.24) is 15.2 Å². The largest absolute Gasteiger partial charge is 0.432 e. The lowest BCUT2D eigenvalue weighted by Crippen LogP contribution is -2.47. The van der Waals surface area contributed by atoms with Crippen LogP contribution in [-0.2, 0) is 0 Å². The lowest BCUT2D eigenvalue weighted by atomic mass is 9.97. The summed E-state index contributed by atoms with van der Waals surface area (Å²) in [7, 11) is 0. The molecule has 0 saturated carbocycles. The Kier molecular flexibility index (Phi) is 3.53. The van der Waals surface area contributed by atoms with E-state index in [9.17, 15) is 4.79 Å². The zero-order valence-electron chi connectivity index (χ0n) is 12.9. The second-order valence-electron chi connectivity index (χ2n) is 6.44. The number of carbonyl (C=O) groups excluding carboxylic acids is 1. The summed E-state index contributed by atoms with van der Waals surface area (Å²) in [5.41, 5.74) is 7.29. The Hall–Kier alpha value is -2.34. The zero-order chi connectivity index (χ0) is 15.8. The van der Waals surface area contributed by atoms with Gasteiger partial charge < -0.3 is 20.4 Å². The van der Waals surface area contributed by atoms with E-state index in [-0.39, 0.29) is 17.8 Å². The molecule has 1 amide bonds. The van der Waals surface area contributed by atoms with Crippen LogP contribution in [0.15, 0.2) is 34.9 Å². The van der Waals surface area contributed by atoms with Gasteiger partial charge in [-0.2, -0.15) is 0 Å². The molecule has 2 saturated heterocycles. The van der Waals surface area contributed by atoms with Crippen molar-refractivity contribution >= 4 is 11.6 Å². The molecule has 0 aliphatic carbocycles. The molecule has 6 heteroatoms. The van der Waals surface area contributed by atoms with Gasteiger partial charge in [-0.15, -0.1) is 0 Å². The Morgan fingerprint density at radius 2 is 2.22 bits per heavy atom. The number of hydrogen-bond acceptors (Lipinski definition) is 5. The van der Waals surface area contributed by atoms with E-state index in [4.69, 9.17) is 10.2 Å². The van der Waals surface area contributed by atoms with Crippen molar-refractivity contribution in [3.05, 3.63) is 36.4 Å². The minimum Gasteiger partial charge on any atom is -0.432 e. The quantitative estimate of drug-likeness (QED) is 0.844. The van der Waals surface area contributed by atoms with Crippen LogP contribution in [0, 0.1) is 5.92 Å². The average Bonchev–Trinajstić information content (AvgIpc) is 3.15. The van der Waals surface area contributed by atoms with E-state index >= 15 is 0 Å². The van der Waals surface area contributed by atoms with Crippen LogP contribution in [0.3, 0.4) is 0 Å². The van der Waals surface area contributed by atoms with E-state index in [0.717, 1.165) is 25.1 Å². The molecule has 23 heavy (non-hydrogen) atoms. The predicted octanol–water partition coefficient (Wildman–Crippen LogP) is 1.75. The topological polar surface area (TPSA) is 84.4 Å². The van der Waals surface area contributed by atoms with Gasteiger partial charge in [-0.3, -0.25) is 4.79 Å². The van der Waals surface area contributed by atoms with Crippen LogP contribution in [0.5, 0.6) is 0 Å². The fourth-order valence-electron chi connectivity index (χ4n) is 3.64. The van der Waals surface area contributed by atoms with Crippen LogP contribution in [0.4, 0.5) is 5.69 Å². The summed E-state index contributed by atoms with van der Waals surface area (Å²) in [6.45, 7) is 3.23. The molecule has 1 aromatic heterocycles. The number of nitrogens with two attached hydrogens (primary N) is 1. The first kappa shape index (κ1) is 14.3. The second kappa shape index (κ2) is 5.70. The molecule has 2 bridgehead atoms. The predicted molar refractivity (Wildman–Crippen MR) is 86.8 cm³/mol. The number of nitrogen functional groups attached to an aromatic ring is 1. The van der Waals surface area contributed by atoms with Crippen molar-refractivity contribution in [3.8, 4) is 11.3 Å². The lowest BCUT2D eigenvalue weighted by molar-refractivity contribution is 0.0875. The van der Waals surface area contributed by atoms with E-state index in [1.165, 1.54) is 13.0 Å². The van der Waals surface area contributed by atoms with Crippen LogP contribution < -0.4 is 11.1 Å². The number of nitrogens with zero attached hydrogens (tertiary/aromatic N) is 2. The average molecular weight is 312 g/mol. The highest BCUT2D eigenvalue weighted by molar-refractivity contribution is 5.90. The number of anilines is 1. The third-order valence-corrected chi connectivity index (χ3v) is 4.73. The molecule has 3 heterocycles. The molecule has 6 nitrogen and oxygen atoms in total. The normalized spacial score (nSPS) is 26.2. The number of carbonyl (C=O) groups is 1. The van der Waals surface area contributed by atoms with E-state index in [1.54, 1.807) is 12.3 Å². The summed E-state index contributed by atoms with van der Waals surface area (Å²) < 4.78 is 5.61. The summed E-state index contributed by atoms with van der Waals surface area (Å²) in [6, 6.07) is 7.56.